The normalized spacial score (nSPS) is 31.6. The second kappa shape index (κ2) is 5.22. The molecule has 1 amide bonds. The Morgan fingerprint density at radius 2 is 1.59 bits per heavy atom. The van der Waals surface area contributed by atoms with Crippen molar-refractivity contribution in [2.45, 2.75) is 64.8 Å². The lowest BCUT2D eigenvalue weighted by atomic mass is 9.73. The molecule has 1 saturated carbocycles. The van der Waals surface area contributed by atoms with Gasteiger partial charge in [-0.15, -0.1) is 0 Å². The largest absolute Gasteiger partial charge is 0.343 e. The molecule has 1 atom stereocenters. The van der Waals surface area contributed by atoms with Gasteiger partial charge in [-0.25, -0.2) is 0 Å². The Labute approximate surface area is 132 Å². The highest BCUT2D eigenvalue weighted by molar-refractivity contribution is 6.17. The minimum atomic E-state index is -0.617. The average molecular weight is 299 g/mol. The first kappa shape index (κ1) is 15.3. The lowest BCUT2D eigenvalue weighted by Crippen LogP contribution is -2.49. The quantitative estimate of drug-likeness (QED) is 0.808. The van der Waals surface area contributed by atoms with Crippen molar-refractivity contribution in [3.8, 4) is 0 Å². The third-order valence-corrected chi connectivity index (χ3v) is 5.51. The van der Waals surface area contributed by atoms with Gasteiger partial charge in [0.15, 0.2) is 5.78 Å². The molecule has 3 heteroatoms. The summed E-state index contributed by atoms with van der Waals surface area (Å²) in [5.41, 5.74) is 3.59. The first-order chi connectivity index (χ1) is 10.3. The predicted molar refractivity (Wildman–Crippen MR) is 86.9 cm³/mol. The maximum absolute atomic E-state index is 13.1. The molecule has 1 aromatic carbocycles. The Morgan fingerprint density at radius 3 is 2.14 bits per heavy atom. The summed E-state index contributed by atoms with van der Waals surface area (Å²) in [7, 11) is 0. The van der Waals surface area contributed by atoms with Crippen molar-refractivity contribution in [2.24, 2.45) is 5.92 Å². The Balaban J connectivity index is 2.00. The number of rotatable bonds is 1. The summed E-state index contributed by atoms with van der Waals surface area (Å²) in [4.78, 5) is 25.7. The molecule has 0 radical (unpaired) electrons. The Morgan fingerprint density at radius 1 is 1.05 bits per heavy atom. The lowest BCUT2D eigenvalue weighted by molar-refractivity contribution is -0.126. The fourth-order valence-electron chi connectivity index (χ4n) is 4.30. The summed E-state index contributed by atoms with van der Waals surface area (Å²) >= 11 is 0. The number of hydrogen-bond donors (Lipinski definition) is 1. The molecule has 3 nitrogen and oxygen atoms in total. The maximum atomic E-state index is 13.1. The molecule has 0 bridgehead atoms. The van der Waals surface area contributed by atoms with E-state index in [2.05, 4.69) is 24.4 Å². The monoisotopic (exact) mass is 299 g/mol. The summed E-state index contributed by atoms with van der Waals surface area (Å²) in [5, 5.41) is 3.07. The zero-order valence-corrected chi connectivity index (χ0v) is 14.0. The van der Waals surface area contributed by atoms with Crippen LogP contribution in [-0.2, 0) is 9.59 Å². The van der Waals surface area contributed by atoms with Gasteiger partial charge in [0.25, 0.3) is 0 Å². The van der Waals surface area contributed by atoms with E-state index < -0.39 is 11.5 Å². The SMILES string of the molecule is Cc1cc(C)c(C2C(=O)NC3(CCC(C)CC3)C2=O)c(C)c1. The van der Waals surface area contributed by atoms with E-state index in [1.165, 1.54) is 5.56 Å². The van der Waals surface area contributed by atoms with Crippen LogP contribution in [0.2, 0.25) is 0 Å². The van der Waals surface area contributed by atoms with Crippen molar-refractivity contribution < 1.29 is 9.59 Å². The third-order valence-electron chi connectivity index (χ3n) is 5.51. The summed E-state index contributed by atoms with van der Waals surface area (Å²) in [6, 6.07) is 4.13. The molecule has 1 aliphatic heterocycles. The number of hydrogen-bond acceptors (Lipinski definition) is 2. The first-order valence-electron chi connectivity index (χ1n) is 8.28. The number of benzene rings is 1. The summed E-state index contributed by atoms with van der Waals surface area (Å²) in [6.07, 6.45) is 3.62. The van der Waals surface area contributed by atoms with Gasteiger partial charge in [0, 0.05) is 0 Å². The zero-order valence-electron chi connectivity index (χ0n) is 14.0. The summed E-state index contributed by atoms with van der Waals surface area (Å²) in [5.74, 6) is 0.0280. The van der Waals surface area contributed by atoms with Crippen molar-refractivity contribution >= 4 is 11.7 Å². The van der Waals surface area contributed by atoms with Crippen LogP contribution in [0.3, 0.4) is 0 Å². The van der Waals surface area contributed by atoms with Gasteiger partial charge in [0.1, 0.15) is 5.92 Å². The molecule has 0 aromatic heterocycles. The van der Waals surface area contributed by atoms with Crippen molar-refractivity contribution in [3.63, 3.8) is 0 Å². The number of Topliss-reactive ketones (excluding diaryl/α,β-unsaturated/α-hetero) is 1. The molecule has 118 valence electrons. The van der Waals surface area contributed by atoms with Crippen LogP contribution in [-0.4, -0.2) is 17.2 Å². The van der Waals surface area contributed by atoms with Gasteiger partial charge in [0.2, 0.25) is 5.91 Å². The molecular weight excluding hydrogens is 274 g/mol. The van der Waals surface area contributed by atoms with Crippen LogP contribution in [0.25, 0.3) is 0 Å². The second-order valence-corrected chi connectivity index (χ2v) is 7.36. The van der Waals surface area contributed by atoms with Gasteiger partial charge < -0.3 is 5.32 Å². The number of aryl methyl sites for hydroxylation is 3. The third kappa shape index (κ3) is 2.27. The van der Waals surface area contributed by atoms with E-state index in [1.54, 1.807) is 0 Å². The fourth-order valence-corrected chi connectivity index (χ4v) is 4.30. The van der Waals surface area contributed by atoms with E-state index in [0.717, 1.165) is 42.4 Å². The number of carbonyl (C=O) groups is 2. The van der Waals surface area contributed by atoms with Crippen molar-refractivity contribution in [1.29, 1.82) is 0 Å². The van der Waals surface area contributed by atoms with Crippen LogP contribution in [0, 0.1) is 26.7 Å². The van der Waals surface area contributed by atoms with Crippen molar-refractivity contribution in [2.75, 3.05) is 0 Å². The predicted octanol–water partition coefficient (Wildman–Crippen LogP) is 3.34. The lowest BCUT2D eigenvalue weighted by Gasteiger charge is -2.34. The molecule has 1 saturated heterocycles. The molecule has 1 aliphatic carbocycles. The molecular formula is C19H25NO2. The second-order valence-electron chi connectivity index (χ2n) is 7.36. The summed E-state index contributed by atoms with van der Waals surface area (Å²) in [6.45, 7) is 8.28. The van der Waals surface area contributed by atoms with Gasteiger partial charge in [0.05, 0.1) is 5.54 Å². The van der Waals surface area contributed by atoms with Gasteiger partial charge in [-0.05, 0) is 69.1 Å². The van der Waals surface area contributed by atoms with E-state index >= 15 is 0 Å². The molecule has 1 heterocycles. The first-order valence-corrected chi connectivity index (χ1v) is 8.28. The van der Waals surface area contributed by atoms with E-state index in [0.29, 0.717) is 5.92 Å². The Hall–Kier alpha value is -1.64. The van der Waals surface area contributed by atoms with Crippen LogP contribution in [0.15, 0.2) is 12.1 Å². The molecule has 1 spiro atoms. The van der Waals surface area contributed by atoms with Crippen LogP contribution in [0.4, 0.5) is 0 Å². The van der Waals surface area contributed by atoms with E-state index in [-0.39, 0.29) is 11.7 Å². The smallest absolute Gasteiger partial charge is 0.235 e. The molecule has 22 heavy (non-hydrogen) atoms. The zero-order chi connectivity index (χ0) is 16.1. The molecule has 1 aromatic rings. The van der Waals surface area contributed by atoms with Crippen LogP contribution >= 0.6 is 0 Å². The topological polar surface area (TPSA) is 46.2 Å². The average Bonchev–Trinajstić information content (AvgIpc) is 2.66. The highest BCUT2D eigenvalue weighted by Gasteiger charge is 2.54. The Kier molecular flexibility index (Phi) is 3.62. The Bertz CT molecular complexity index is 616. The number of ketones is 1. The van der Waals surface area contributed by atoms with E-state index in [1.807, 2.05) is 20.8 Å². The molecule has 1 unspecified atom stereocenters. The summed E-state index contributed by atoms with van der Waals surface area (Å²) < 4.78 is 0. The number of carbonyl (C=O) groups excluding carboxylic acids is 2. The number of amides is 1. The van der Waals surface area contributed by atoms with Crippen LogP contribution < -0.4 is 5.32 Å². The fraction of sp³-hybridized carbons (Fsp3) is 0.579. The van der Waals surface area contributed by atoms with Gasteiger partial charge >= 0.3 is 0 Å². The maximum Gasteiger partial charge on any atom is 0.235 e. The molecule has 3 rings (SSSR count). The van der Waals surface area contributed by atoms with Gasteiger partial charge in [-0.2, -0.15) is 0 Å². The van der Waals surface area contributed by atoms with Gasteiger partial charge in [-0.1, -0.05) is 24.6 Å². The highest BCUT2D eigenvalue weighted by Crippen LogP contribution is 2.42. The molecule has 1 N–H and O–H groups in total. The minimum Gasteiger partial charge on any atom is -0.343 e. The van der Waals surface area contributed by atoms with Crippen LogP contribution in [0.1, 0.15) is 60.8 Å². The van der Waals surface area contributed by atoms with Crippen molar-refractivity contribution in [3.05, 3.63) is 34.4 Å². The van der Waals surface area contributed by atoms with E-state index in [4.69, 9.17) is 0 Å². The van der Waals surface area contributed by atoms with E-state index in [9.17, 15) is 9.59 Å². The van der Waals surface area contributed by atoms with Gasteiger partial charge in [-0.3, -0.25) is 9.59 Å². The molecule has 2 fully saturated rings. The minimum absolute atomic E-state index is 0.0967. The molecule has 2 aliphatic rings. The highest BCUT2D eigenvalue weighted by atomic mass is 16.2. The number of nitrogens with one attached hydrogen (secondary N) is 1. The van der Waals surface area contributed by atoms with Crippen molar-refractivity contribution in [1.82, 2.24) is 5.32 Å². The standard InChI is InChI=1S/C19H25NO2/c1-11-5-7-19(8-6-11)17(21)16(18(22)20-19)15-13(3)9-12(2)10-14(15)4/h9-11,16H,5-8H2,1-4H3,(H,20,22). The van der Waals surface area contributed by atoms with Crippen LogP contribution in [0.5, 0.6) is 0 Å².